The number of carbonyl (C=O) groups excluding carboxylic acids is 3. The van der Waals surface area contributed by atoms with Crippen LogP contribution in [0.4, 0.5) is 18.9 Å². The van der Waals surface area contributed by atoms with Gasteiger partial charge in [0.25, 0.3) is 5.91 Å². The molecule has 10 heteroatoms. The van der Waals surface area contributed by atoms with Gasteiger partial charge in [0, 0.05) is 23.5 Å². The third kappa shape index (κ3) is 7.41. The maximum Gasteiger partial charge on any atom is 0.416 e. The molecule has 0 spiro atoms. The number of halogens is 4. The average molecular weight is 549 g/mol. The van der Waals surface area contributed by atoms with Crippen molar-refractivity contribution in [2.24, 2.45) is 0 Å². The zero-order valence-corrected chi connectivity index (χ0v) is 19.9. The molecule has 0 aliphatic carbocycles. The highest BCUT2D eigenvalue weighted by Crippen LogP contribution is 2.30. The predicted molar refractivity (Wildman–Crippen MR) is 127 cm³/mol. The van der Waals surface area contributed by atoms with Crippen LogP contribution in [0.1, 0.15) is 28.4 Å². The van der Waals surface area contributed by atoms with Gasteiger partial charge < -0.3 is 15.4 Å². The molecule has 182 valence electrons. The summed E-state index contributed by atoms with van der Waals surface area (Å²) in [7, 11) is 0. The summed E-state index contributed by atoms with van der Waals surface area (Å²) in [5.41, 5.74) is 0.0311. The van der Waals surface area contributed by atoms with Gasteiger partial charge in [0.15, 0.2) is 0 Å². The summed E-state index contributed by atoms with van der Waals surface area (Å²) in [6.07, 6.45) is -4.33. The fourth-order valence-corrected chi connectivity index (χ4v) is 3.54. The third-order valence-corrected chi connectivity index (χ3v) is 5.30. The van der Waals surface area contributed by atoms with Crippen molar-refractivity contribution in [1.82, 2.24) is 5.32 Å². The molecule has 0 radical (unpaired) electrons. The molecule has 0 fully saturated rings. The molecular formula is C25H20BrF3N2O4. The van der Waals surface area contributed by atoms with Gasteiger partial charge >= 0.3 is 12.1 Å². The number of amides is 2. The molecule has 0 saturated carbocycles. The summed E-state index contributed by atoms with van der Waals surface area (Å²) in [4.78, 5) is 37.4. The fourth-order valence-electron chi connectivity index (χ4n) is 3.18. The van der Waals surface area contributed by atoms with Gasteiger partial charge in [0.2, 0.25) is 5.91 Å². The van der Waals surface area contributed by atoms with Crippen molar-refractivity contribution in [3.63, 3.8) is 0 Å². The van der Waals surface area contributed by atoms with Crippen LogP contribution in [0.15, 0.2) is 77.3 Å². The van der Waals surface area contributed by atoms with E-state index in [1.54, 1.807) is 30.3 Å². The number of hydrogen-bond donors (Lipinski definition) is 2. The number of hydrogen-bond acceptors (Lipinski definition) is 4. The van der Waals surface area contributed by atoms with Crippen molar-refractivity contribution in [2.45, 2.75) is 25.6 Å². The molecule has 0 heterocycles. The lowest BCUT2D eigenvalue weighted by Gasteiger charge is -2.18. The average Bonchev–Trinajstić information content (AvgIpc) is 2.80. The first-order valence-corrected chi connectivity index (χ1v) is 11.1. The number of anilines is 1. The minimum atomic E-state index is -4.50. The molecule has 3 aromatic carbocycles. The van der Waals surface area contributed by atoms with Crippen LogP contribution in [0.25, 0.3) is 0 Å². The predicted octanol–water partition coefficient (Wildman–Crippen LogP) is 5.37. The van der Waals surface area contributed by atoms with Crippen LogP contribution in [-0.2, 0) is 22.2 Å². The van der Waals surface area contributed by atoms with Crippen molar-refractivity contribution in [1.29, 1.82) is 0 Å². The van der Waals surface area contributed by atoms with Crippen LogP contribution in [0.3, 0.4) is 0 Å². The Labute approximate surface area is 207 Å². The number of benzene rings is 3. The Kier molecular flexibility index (Phi) is 8.29. The molecule has 0 aliphatic heterocycles. The number of nitrogens with one attached hydrogen (secondary N) is 2. The summed E-state index contributed by atoms with van der Waals surface area (Å²) in [5.74, 6) is -1.99. The van der Waals surface area contributed by atoms with Crippen molar-refractivity contribution in [3.8, 4) is 5.75 Å². The molecule has 0 aliphatic rings. The van der Waals surface area contributed by atoms with Crippen molar-refractivity contribution < 1.29 is 32.3 Å². The minimum absolute atomic E-state index is 0.0334. The van der Waals surface area contributed by atoms with E-state index in [-0.39, 0.29) is 23.4 Å². The van der Waals surface area contributed by atoms with Crippen LogP contribution < -0.4 is 15.4 Å². The lowest BCUT2D eigenvalue weighted by atomic mass is 10.1. The van der Waals surface area contributed by atoms with Gasteiger partial charge in [-0.05, 0) is 48.0 Å². The number of rotatable bonds is 7. The largest absolute Gasteiger partial charge is 0.424 e. The van der Waals surface area contributed by atoms with Gasteiger partial charge in [0.1, 0.15) is 11.8 Å². The summed E-state index contributed by atoms with van der Waals surface area (Å²) in [5, 5.41) is 5.04. The number of ether oxygens (including phenoxy) is 1. The molecule has 35 heavy (non-hydrogen) atoms. The quantitative estimate of drug-likeness (QED) is 0.307. The molecule has 3 aromatic rings. The second-order valence-electron chi connectivity index (χ2n) is 7.53. The summed E-state index contributed by atoms with van der Waals surface area (Å²) < 4.78 is 44.3. The Morgan fingerprint density at radius 2 is 1.63 bits per heavy atom. The monoisotopic (exact) mass is 548 g/mol. The van der Waals surface area contributed by atoms with Crippen LogP contribution in [-0.4, -0.2) is 23.8 Å². The first-order chi connectivity index (χ1) is 16.5. The van der Waals surface area contributed by atoms with Gasteiger partial charge in [-0.25, -0.2) is 4.79 Å². The van der Waals surface area contributed by atoms with E-state index >= 15 is 0 Å². The third-order valence-electron chi connectivity index (χ3n) is 4.81. The number of alkyl halides is 3. The second-order valence-corrected chi connectivity index (χ2v) is 8.45. The molecule has 3 rings (SSSR count). The molecule has 1 atom stereocenters. The maximum absolute atomic E-state index is 12.9. The van der Waals surface area contributed by atoms with Gasteiger partial charge in [-0.15, -0.1) is 0 Å². The topological polar surface area (TPSA) is 84.5 Å². The van der Waals surface area contributed by atoms with Gasteiger partial charge in [-0.1, -0.05) is 46.3 Å². The van der Waals surface area contributed by atoms with E-state index in [1.807, 2.05) is 6.07 Å². The first-order valence-electron chi connectivity index (χ1n) is 10.3. The second kappa shape index (κ2) is 11.2. The smallest absolute Gasteiger partial charge is 0.416 e. The molecule has 2 amide bonds. The van der Waals surface area contributed by atoms with Crippen molar-refractivity contribution >= 4 is 39.4 Å². The molecule has 0 saturated heterocycles. The van der Waals surface area contributed by atoms with Crippen molar-refractivity contribution in [3.05, 3.63) is 94.0 Å². The van der Waals surface area contributed by atoms with Gasteiger partial charge in [-0.3, -0.25) is 9.59 Å². The lowest BCUT2D eigenvalue weighted by Crippen LogP contribution is -2.43. The van der Waals surface area contributed by atoms with E-state index in [9.17, 15) is 27.6 Å². The first kappa shape index (κ1) is 26.0. The Morgan fingerprint density at radius 3 is 2.23 bits per heavy atom. The molecule has 6 nitrogen and oxygen atoms in total. The maximum atomic E-state index is 12.9. The SMILES string of the molecule is CC(=O)NC(Cc1ccccc1)C(=O)Oc1ccc(Br)cc1C(=O)Nc1ccc(C(F)(F)F)cc1. The Morgan fingerprint density at radius 1 is 0.971 bits per heavy atom. The molecule has 0 aromatic heterocycles. The highest BCUT2D eigenvalue weighted by Gasteiger charge is 2.30. The van der Waals surface area contributed by atoms with Gasteiger partial charge in [0.05, 0.1) is 11.1 Å². The van der Waals surface area contributed by atoms with Crippen LogP contribution in [0.5, 0.6) is 5.75 Å². The Hall–Kier alpha value is -3.66. The molecule has 1 unspecified atom stereocenters. The minimum Gasteiger partial charge on any atom is -0.424 e. The molecule has 2 N–H and O–H groups in total. The fraction of sp³-hybridized carbons (Fsp3) is 0.160. The lowest BCUT2D eigenvalue weighted by molar-refractivity contribution is -0.139. The van der Waals surface area contributed by atoms with E-state index in [2.05, 4.69) is 26.6 Å². The summed E-state index contributed by atoms with van der Waals surface area (Å²) in [6, 6.07) is 16.3. The van der Waals surface area contributed by atoms with Gasteiger partial charge in [-0.2, -0.15) is 13.2 Å². The van der Waals surface area contributed by atoms with Crippen LogP contribution in [0, 0.1) is 0 Å². The zero-order chi connectivity index (χ0) is 25.6. The van der Waals surface area contributed by atoms with E-state index in [4.69, 9.17) is 4.74 Å². The summed E-state index contributed by atoms with van der Waals surface area (Å²) >= 11 is 3.25. The van der Waals surface area contributed by atoms with E-state index < -0.39 is 35.6 Å². The van der Waals surface area contributed by atoms with Crippen molar-refractivity contribution in [2.75, 3.05) is 5.32 Å². The van der Waals surface area contributed by atoms with E-state index in [1.165, 1.54) is 19.1 Å². The molecule has 0 bridgehead atoms. The summed E-state index contributed by atoms with van der Waals surface area (Å²) in [6.45, 7) is 1.27. The Bertz CT molecular complexity index is 1220. The van der Waals surface area contributed by atoms with Crippen LogP contribution >= 0.6 is 15.9 Å². The molecular weight excluding hydrogens is 529 g/mol. The zero-order valence-electron chi connectivity index (χ0n) is 18.4. The Balaban J connectivity index is 1.80. The number of esters is 1. The normalized spacial score (nSPS) is 11.9. The van der Waals surface area contributed by atoms with E-state index in [0.29, 0.717) is 4.47 Å². The highest BCUT2D eigenvalue weighted by molar-refractivity contribution is 9.10. The standard InChI is InChI=1S/C25H20BrF3N2O4/c1-15(32)30-21(13-16-5-3-2-4-6-16)24(34)35-22-12-9-18(26)14-20(22)23(33)31-19-10-7-17(8-11-19)25(27,28)29/h2-12,14,21H,13H2,1H3,(H,30,32)(H,31,33). The van der Waals surface area contributed by atoms with E-state index in [0.717, 1.165) is 29.8 Å². The highest BCUT2D eigenvalue weighted by atomic mass is 79.9. The number of carbonyl (C=O) groups is 3. The van der Waals surface area contributed by atoms with Crippen LogP contribution in [0.2, 0.25) is 0 Å².